The van der Waals surface area contributed by atoms with Crippen LogP contribution < -0.4 is 0 Å². The summed E-state index contributed by atoms with van der Waals surface area (Å²) in [6.45, 7) is -1.05. The second kappa shape index (κ2) is 7.27. The molecule has 0 amide bonds. The van der Waals surface area contributed by atoms with Gasteiger partial charge in [-0.15, -0.1) is 0 Å². The van der Waals surface area contributed by atoms with Crippen LogP contribution in [0.15, 0.2) is 0 Å². The summed E-state index contributed by atoms with van der Waals surface area (Å²) in [4.78, 5) is 24.2. The first-order valence-corrected chi connectivity index (χ1v) is 10.6. The maximum atomic E-state index is 13.0. The molecular weight excluding hydrogens is 386 g/mol. The van der Waals surface area contributed by atoms with Crippen LogP contribution in [0.4, 0.5) is 8.78 Å². The lowest BCUT2D eigenvalue weighted by Gasteiger charge is -2.55. The number of rotatable bonds is 8. The van der Waals surface area contributed by atoms with Gasteiger partial charge in [-0.25, -0.2) is 4.79 Å². The summed E-state index contributed by atoms with van der Waals surface area (Å²) < 4.78 is 65.2. The summed E-state index contributed by atoms with van der Waals surface area (Å²) in [5.41, 5.74) is -0.493. The van der Waals surface area contributed by atoms with E-state index < -0.39 is 52.8 Å². The molecule has 0 unspecified atom stereocenters. The Morgan fingerprint density at radius 1 is 1.04 bits per heavy atom. The third kappa shape index (κ3) is 4.42. The van der Waals surface area contributed by atoms with Gasteiger partial charge < -0.3 is 9.47 Å². The number of hydrogen-bond acceptors (Lipinski definition) is 6. The van der Waals surface area contributed by atoms with Crippen molar-refractivity contribution >= 4 is 22.1 Å². The minimum atomic E-state index is -5.49. The Hall–Kier alpha value is -1.29. The highest BCUT2D eigenvalue weighted by Gasteiger charge is 2.55. The Labute approximate surface area is 156 Å². The minimum Gasteiger partial charge on any atom is -0.463 e. The smallest absolute Gasteiger partial charge is 0.370 e. The highest BCUT2D eigenvalue weighted by atomic mass is 32.2. The summed E-state index contributed by atoms with van der Waals surface area (Å²) in [6, 6.07) is 0. The first-order chi connectivity index (χ1) is 12.5. The highest BCUT2D eigenvalue weighted by molar-refractivity contribution is 7.86. The fourth-order valence-corrected chi connectivity index (χ4v) is 5.68. The van der Waals surface area contributed by atoms with Crippen LogP contribution in [0, 0.1) is 23.2 Å². The Kier molecular flexibility index (Phi) is 5.51. The van der Waals surface area contributed by atoms with Gasteiger partial charge in [0.25, 0.3) is 0 Å². The molecule has 4 aliphatic carbocycles. The third-order valence-corrected chi connectivity index (χ3v) is 7.00. The number of carbonyl (C=O) groups is 2. The first-order valence-electron chi connectivity index (χ1n) is 9.18. The van der Waals surface area contributed by atoms with Crippen LogP contribution in [0.2, 0.25) is 0 Å². The summed E-state index contributed by atoms with van der Waals surface area (Å²) in [5, 5.41) is -4.29. The lowest BCUT2D eigenvalue weighted by atomic mass is 9.49. The highest BCUT2D eigenvalue weighted by Crippen LogP contribution is 2.60. The molecule has 0 aliphatic heterocycles. The first kappa shape index (κ1) is 20.4. The molecule has 0 atom stereocenters. The van der Waals surface area contributed by atoms with Crippen LogP contribution in [-0.4, -0.2) is 43.4 Å². The SMILES string of the molecule is O=C(COC(=O)C12CC3CC(CC(C3)C1)C2)OCCCC(F)(F)S(=O)(=O)O. The second-order valence-corrected chi connectivity index (χ2v) is 9.76. The van der Waals surface area contributed by atoms with Crippen LogP contribution in [0.1, 0.15) is 51.4 Å². The van der Waals surface area contributed by atoms with Crippen molar-refractivity contribution < 1.29 is 40.8 Å². The van der Waals surface area contributed by atoms with E-state index in [0.717, 1.165) is 19.3 Å². The van der Waals surface area contributed by atoms with Crippen molar-refractivity contribution in [1.29, 1.82) is 0 Å². The molecular formula is C17H24F2O7S. The number of alkyl halides is 2. The fraction of sp³-hybridized carbons (Fsp3) is 0.882. The molecule has 7 nitrogen and oxygen atoms in total. The summed E-state index contributed by atoms with van der Waals surface area (Å²) >= 11 is 0. The Morgan fingerprint density at radius 2 is 1.56 bits per heavy atom. The summed E-state index contributed by atoms with van der Waals surface area (Å²) in [6.07, 6.45) is 4.29. The Balaban J connectivity index is 1.39. The zero-order chi connectivity index (χ0) is 19.9. The van der Waals surface area contributed by atoms with Crippen LogP contribution >= 0.6 is 0 Å². The average molecular weight is 410 g/mol. The molecule has 0 spiro atoms. The molecule has 1 N–H and O–H groups in total. The minimum absolute atomic E-state index is 0.378. The van der Waals surface area contributed by atoms with Gasteiger partial charge in [-0.05, 0) is 62.7 Å². The van der Waals surface area contributed by atoms with E-state index in [1.54, 1.807) is 0 Å². The molecule has 0 heterocycles. The van der Waals surface area contributed by atoms with Crippen LogP contribution in [0.3, 0.4) is 0 Å². The summed E-state index contributed by atoms with van der Waals surface area (Å²) in [5.74, 6) is 0.417. The number of hydrogen-bond donors (Lipinski definition) is 1. The van der Waals surface area contributed by atoms with Crippen molar-refractivity contribution in [1.82, 2.24) is 0 Å². The van der Waals surface area contributed by atoms with Gasteiger partial charge in [-0.3, -0.25) is 9.35 Å². The van der Waals surface area contributed by atoms with Crippen LogP contribution in [0.5, 0.6) is 0 Å². The van der Waals surface area contributed by atoms with Gasteiger partial charge in [0.15, 0.2) is 6.61 Å². The molecule has 0 aromatic heterocycles. The van der Waals surface area contributed by atoms with Crippen molar-refractivity contribution in [3.63, 3.8) is 0 Å². The standard InChI is InChI=1S/C17H24F2O7S/c18-17(19,27(22,23)24)2-1-3-25-14(20)10-26-15(21)16-7-11-4-12(8-16)6-13(5-11)9-16/h11-13H,1-10H2,(H,22,23,24). The fourth-order valence-electron chi connectivity index (χ4n) is 5.27. The van der Waals surface area contributed by atoms with E-state index in [4.69, 9.17) is 14.0 Å². The van der Waals surface area contributed by atoms with Gasteiger partial charge in [0, 0.05) is 6.42 Å². The predicted octanol–water partition coefficient (Wildman–Crippen LogP) is 2.55. The maximum absolute atomic E-state index is 13.0. The molecule has 0 saturated heterocycles. The average Bonchev–Trinajstić information content (AvgIpc) is 2.54. The van der Waals surface area contributed by atoms with Gasteiger partial charge in [0.2, 0.25) is 0 Å². The molecule has 4 fully saturated rings. The van der Waals surface area contributed by atoms with E-state index in [-0.39, 0.29) is 5.97 Å². The maximum Gasteiger partial charge on any atom is 0.370 e. The van der Waals surface area contributed by atoms with Gasteiger partial charge in [0.1, 0.15) is 0 Å². The second-order valence-electron chi connectivity index (χ2n) is 8.21. The van der Waals surface area contributed by atoms with E-state index in [9.17, 15) is 26.8 Å². The quantitative estimate of drug-likeness (QED) is 0.372. The van der Waals surface area contributed by atoms with Crippen molar-refractivity contribution in [2.24, 2.45) is 23.2 Å². The lowest BCUT2D eigenvalue weighted by Crippen LogP contribution is -2.50. The molecule has 0 radical (unpaired) electrons. The predicted molar refractivity (Wildman–Crippen MR) is 88.3 cm³/mol. The normalized spacial score (nSPS) is 32.3. The van der Waals surface area contributed by atoms with E-state index in [1.807, 2.05) is 0 Å². The molecule has 154 valence electrons. The van der Waals surface area contributed by atoms with Crippen molar-refractivity contribution in [2.45, 2.75) is 56.6 Å². The zero-order valence-corrected chi connectivity index (χ0v) is 15.7. The molecule has 4 saturated carbocycles. The van der Waals surface area contributed by atoms with Gasteiger partial charge in [0.05, 0.1) is 12.0 Å². The molecule has 4 bridgehead atoms. The largest absolute Gasteiger partial charge is 0.463 e. The molecule has 4 aliphatic rings. The molecule has 10 heteroatoms. The molecule has 0 aromatic rings. The molecule has 4 rings (SSSR count). The third-order valence-electron chi connectivity index (χ3n) is 6.04. The summed E-state index contributed by atoms with van der Waals surface area (Å²) in [7, 11) is -5.49. The molecule has 27 heavy (non-hydrogen) atoms. The van der Waals surface area contributed by atoms with E-state index in [0.29, 0.717) is 17.8 Å². The van der Waals surface area contributed by atoms with E-state index >= 15 is 0 Å². The number of esters is 2. The number of carbonyl (C=O) groups excluding carboxylic acids is 2. The monoisotopic (exact) mass is 410 g/mol. The Morgan fingerprint density at radius 3 is 2.04 bits per heavy atom. The van der Waals surface area contributed by atoms with E-state index in [1.165, 1.54) is 19.3 Å². The Bertz CT molecular complexity index is 669. The topological polar surface area (TPSA) is 107 Å². The van der Waals surface area contributed by atoms with Gasteiger partial charge in [-0.2, -0.15) is 17.2 Å². The molecule has 0 aromatic carbocycles. The van der Waals surface area contributed by atoms with Crippen molar-refractivity contribution in [2.75, 3.05) is 13.2 Å². The lowest BCUT2D eigenvalue weighted by molar-refractivity contribution is -0.177. The number of halogens is 2. The zero-order valence-electron chi connectivity index (χ0n) is 14.9. The van der Waals surface area contributed by atoms with Crippen molar-refractivity contribution in [3.8, 4) is 0 Å². The number of ether oxygens (including phenoxy) is 2. The van der Waals surface area contributed by atoms with Gasteiger partial charge in [-0.1, -0.05) is 0 Å². The van der Waals surface area contributed by atoms with Crippen molar-refractivity contribution in [3.05, 3.63) is 0 Å². The van der Waals surface area contributed by atoms with Gasteiger partial charge >= 0.3 is 27.3 Å². The van der Waals surface area contributed by atoms with Crippen LogP contribution in [0.25, 0.3) is 0 Å². The van der Waals surface area contributed by atoms with Crippen LogP contribution in [-0.2, 0) is 29.2 Å². The van der Waals surface area contributed by atoms with E-state index in [2.05, 4.69) is 0 Å².